The van der Waals surface area contributed by atoms with Crippen LogP contribution in [0, 0.1) is 0 Å². The van der Waals surface area contributed by atoms with Crippen LogP contribution in [0.2, 0.25) is 0 Å². The van der Waals surface area contributed by atoms with E-state index in [1.165, 1.54) is 24.1 Å². The first-order valence-corrected chi connectivity index (χ1v) is 5.71. The number of hydrogen-bond donors (Lipinski definition) is 2. The highest BCUT2D eigenvalue weighted by Gasteiger charge is 2.18. The summed E-state index contributed by atoms with van der Waals surface area (Å²) in [5, 5.41) is 12.3. The summed E-state index contributed by atoms with van der Waals surface area (Å²) < 4.78 is 31.4. The molecule has 1 aromatic heterocycles. The smallest absolute Gasteiger partial charge is 0.257 e. The second-order valence-electron chi connectivity index (χ2n) is 2.71. The molecule has 0 spiro atoms. The lowest BCUT2D eigenvalue weighted by Crippen LogP contribution is -2.29. The summed E-state index contributed by atoms with van der Waals surface area (Å²) in [5.74, 6) is 0. The van der Waals surface area contributed by atoms with Crippen molar-refractivity contribution in [3.63, 3.8) is 0 Å². The molecule has 0 unspecified atom stereocenters. The van der Waals surface area contributed by atoms with Gasteiger partial charge in [-0.2, -0.15) is 5.10 Å². The van der Waals surface area contributed by atoms with Crippen LogP contribution in [-0.2, 0) is 21.5 Å². The van der Waals surface area contributed by atoms with E-state index in [2.05, 4.69) is 9.82 Å². The maximum Gasteiger partial charge on any atom is 0.257 e. The van der Waals surface area contributed by atoms with E-state index in [1.54, 1.807) is 0 Å². The van der Waals surface area contributed by atoms with Crippen molar-refractivity contribution in [2.45, 2.75) is 11.8 Å². The summed E-state index contributed by atoms with van der Waals surface area (Å²) in [4.78, 5) is 0. The zero-order valence-corrected chi connectivity index (χ0v) is 9.07. The second-order valence-corrected chi connectivity index (χ2v) is 4.42. The minimum Gasteiger partial charge on any atom is -0.395 e. The molecular weight excluding hydrogens is 222 g/mol. The standard InChI is InChI=1S/C7H13N3O4S/c1-14-6-10-7(2-3-8-10)15(12,13)9-4-5-11/h2-3,9,11H,4-6H2,1H3. The van der Waals surface area contributed by atoms with E-state index in [4.69, 9.17) is 9.84 Å². The van der Waals surface area contributed by atoms with Gasteiger partial charge < -0.3 is 9.84 Å². The first-order chi connectivity index (χ1) is 7.11. The number of nitrogens with zero attached hydrogens (tertiary/aromatic N) is 2. The summed E-state index contributed by atoms with van der Waals surface area (Å²) in [5.41, 5.74) is 0. The largest absolute Gasteiger partial charge is 0.395 e. The molecule has 0 saturated carbocycles. The molecule has 8 heteroatoms. The number of sulfonamides is 1. The summed E-state index contributed by atoms with van der Waals surface area (Å²) in [7, 11) is -2.18. The van der Waals surface area contributed by atoms with E-state index in [0.29, 0.717) is 0 Å². The summed E-state index contributed by atoms with van der Waals surface area (Å²) in [6.07, 6.45) is 1.37. The molecule has 0 aliphatic rings. The lowest BCUT2D eigenvalue weighted by atomic mass is 10.7. The molecule has 0 fully saturated rings. The third-order valence-corrected chi connectivity index (χ3v) is 3.09. The number of aliphatic hydroxyl groups is 1. The van der Waals surface area contributed by atoms with Gasteiger partial charge in [-0.3, -0.25) is 0 Å². The predicted molar refractivity (Wildman–Crippen MR) is 51.5 cm³/mol. The Morgan fingerprint density at radius 1 is 1.67 bits per heavy atom. The van der Waals surface area contributed by atoms with Crippen molar-refractivity contribution in [1.29, 1.82) is 0 Å². The van der Waals surface area contributed by atoms with Gasteiger partial charge in [0.15, 0.2) is 5.03 Å². The van der Waals surface area contributed by atoms with Gasteiger partial charge in [0.1, 0.15) is 6.73 Å². The van der Waals surface area contributed by atoms with Crippen LogP contribution in [0.5, 0.6) is 0 Å². The molecule has 0 saturated heterocycles. The highest BCUT2D eigenvalue weighted by molar-refractivity contribution is 7.89. The van der Waals surface area contributed by atoms with Crippen molar-refractivity contribution in [3.05, 3.63) is 12.3 Å². The molecule has 2 N–H and O–H groups in total. The molecule has 0 bridgehead atoms. The maximum absolute atomic E-state index is 11.6. The minimum atomic E-state index is -3.62. The van der Waals surface area contributed by atoms with Gasteiger partial charge in [-0.05, 0) is 6.07 Å². The zero-order chi connectivity index (χ0) is 11.3. The van der Waals surface area contributed by atoms with Gasteiger partial charge in [-0.1, -0.05) is 0 Å². The Kier molecular flexibility index (Phi) is 4.21. The van der Waals surface area contributed by atoms with Crippen molar-refractivity contribution >= 4 is 10.0 Å². The molecule has 1 heterocycles. The minimum absolute atomic E-state index is 0.0119. The molecule has 0 atom stereocenters. The lowest BCUT2D eigenvalue weighted by Gasteiger charge is -2.07. The van der Waals surface area contributed by atoms with Crippen molar-refractivity contribution in [2.24, 2.45) is 0 Å². The maximum atomic E-state index is 11.6. The molecule has 0 aromatic carbocycles. The number of nitrogens with one attached hydrogen (secondary N) is 1. The molecule has 15 heavy (non-hydrogen) atoms. The fraction of sp³-hybridized carbons (Fsp3) is 0.571. The van der Waals surface area contributed by atoms with Gasteiger partial charge in [0.25, 0.3) is 10.0 Å². The second kappa shape index (κ2) is 5.21. The quantitative estimate of drug-likeness (QED) is 0.643. The summed E-state index contributed by atoms with van der Waals surface area (Å²) in [6, 6.07) is 1.36. The Morgan fingerprint density at radius 3 is 3.00 bits per heavy atom. The average molecular weight is 235 g/mol. The average Bonchev–Trinajstić information content (AvgIpc) is 2.64. The van der Waals surface area contributed by atoms with E-state index in [0.717, 1.165) is 0 Å². The fourth-order valence-corrected chi connectivity index (χ4v) is 2.15. The number of ether oxygens (including phenoxy) is 1. The van der Waals surface area contributed by atoms with Crippen LogP contribution in [0.25, 0.3) is 0 Å². The van der Waals surface area contributed by atoms with Gasteiger partial charge in [0.05, 0.1) is 12.8 Å². The van der Waals surface area contributed by atoms with Crippen molar-refractivity contribution < 1.29 is 18.3 Å². The van der Waals surface area contributed by atoms with Crippen molar-refractivity contribution in [1.82, 2.24) is 14.5 Å². The molecule has 0 amide bonds. The molecular formula is C7H13N3O4S. The first-order valence-electron chi connectivity index (χ1n) is 4.23. The molecule has 86 valence electrons. The van der Waals surface area contributed by atoms with Gasteiger partial charge in [-0.15, -0.1) is 0 Å². The van der Waals surface area contributed by atoms with E-state index in [9.17, 15) is 8.42 Å². The molecule has 1 rings (SSSR count). The third-order valence-electron chi connectivity index (χ3n) is 1.61. The summed E-state index contributed by atoms with van der Waals surface area (Å²) >= 11 is 0. The highest BCUT2D eigenvalue weighted by atomic mass is 32.2. The fourth-order valence-electron chi connectivity index (χ4n) is 1.02. The van der Waals surface area contributed by atoms with Gasteiger partial charge in [-0.25, -0.2) is 17.8 Å². The highest BCUT2D eigenvalue weighted by Crippen LogP contribution is 2.07. The van der Waals surface area contributed by atoms with Gasteiger partial charge in [0, 0.05) is 13.7 Å². The van der Waals surface area contributed by atoms with E-state index in [-0.39, 0.29) is 24.9 Å². The van der Waals surface area contributed by atoms with E-state index < -0.39 is 10.0 Å². The molecule has 0 radical (unpaired) electrons. The van der Waals surface area contributed by atoms with Crippen molar-refractivity contribution in [3.8, 4) is 0 Å². The number of rotatable bonds is 6. The van der Waals surface area contributed by atoms with E-state index in [1.807, 2.05) is 0 Å². The van der Waals surface area contributed by atoms with Crippen LogP contribution in [0.15, 0.2) is 17.3 Å². The summed E-state index contributed by atoms with van der Waals surface area (Å²) in [6.45, 7) is -0.222. The normalized spacial score (nSPS) is 11.9. The topological polar surface area (TPSA) is 93.5 Å². The predicted octanol–water partition coefficient (Wildman–Crippen LogP) is -1.24. The zero-order valence-electron chi connectivity index (χ0n) is 8.25. The van der Waals surface area contributed by atoms with Crippen LogP contribution in [-0.4, -0.2) is 43.6 Å². The Labute approximate surface area is 87.7 Å². The van der Waals surface area contributed by atoms with Crippen LogP contribution in [0.3, 0.4) is 0 Å². The molecule has 1 aromatic rings. The molecule has 7 nitrogen and oxygen atoms in total. The van der Waals surface area contributed by atoms with Crippen LogP contribution in [0.4, 0.5) is 0 Å². The van der Waals surface area contributed by atoms with E-state index >= 15 is 0 Å². The van der Waals surface area contributed by atoms with Crippen molar-refractivity contribution in [2.75, 3.05) is 20.3 Å². The first kappa shape index (κ1) is 12.1. The monoisotopic (exact) mass is 235 g/mol. The molecule has 0 aliphatic heterocycles. The lowest BCUT2D eigenvalue weighted by molar-refractivity contribution is 0.112. The van der Waals surface area contributed by atoms with Gasteiger partial charge >= 0.3 is 0 Å². The SMILES string of the molecule is COCn1nccc1S(=O)(=O)NCCO. The third kappa shape index (κ3) is 2.99. The Morgan fingerprint density at radius 2 is 2.40 bits per heavy atom. The van der Waals surface area contributed by atoms with Crippen LogP contribution < -0.4 is 4.72 Å². The van der Waals surface area contributed by atoms with Crippen LogP contribution in [0.1, 0.15) is 0 Å². The van der Waals surface area contributed by atoms with Gasteiger partial charge in [0.2, 0.25) is 0 Å². The Bertz CT molecular complexity index is 400. The molecule has 0 aliphatic carbocycles. The number of aromatic nitrogens is 2. The van der Waals surface area contributed by atoms with Crippen LogP contribution >= 0.6 is 0 Å². The number of methoxy groups -OCH3 is 1. The number of aliphatic hydroxyl groups excluding tert-OH is 1. The number of hydrogen-bond acceptors (Lipinski definition) is 5. The Balaban J connectivity index is 2.89. The Hall–Kier alpha value is -0.960.